The molecule has 0 aliphatic rings. The van der Waals surface area contributed by atoms with Gasteiger partial charge in [0.15, 0.2) is 0 Å². The molecule has 1 atom stereocenters. The Bertz CT molecular complexity index is 438. The van der Waals surface area contributed by atoms with Crippen LogP contribution in [0, 0.1) is 0 Å². The van der Waals surface area contributed by atoms with Crippen molar-refractivity contribution in [3.63, 3.8) is 0 Å². The molecule has 3 nitrogen and oxygen atoms in total. The molecule has 0 bridgehead atoms. The fraction of sp³-hybridized carbons (Fsp3) is 0.500. The molecule has 18 heavy (non-hydrogen) atoms. The Kier molecular flexibility index (Phi) is 4.93. The van der Waals surface area contributed by atoms with E-state index >= 15 is 0 Å². The Labute approximate surface area is 117 Å². The van der Waals surface area contributed by atoms with Gasteiger partial charge in [-0.05, 0) is 35.7 Å². The van der Waals surface area contributed by atoms with Crippen LogP contribution in [0.25, 0.3) is 0 Å². The summed E-state index contributed by atoms with van der Waals surface area (Å²) in [6, 6.07) is 5.96. The first-order valence-electron chi connectivity index (χ1n) is 5.94. The Balaban J connectivity index is 3.15. The average molecular weight is 314 g/mol. The van der Waals surface area contributed by atoms with Gasteiger partial charge in [0.25, 0.3) is 0 Å². The van der Waals surface area contributed by atoms with Crippen LogP contribution >= 0.6 is 15.9 Å². The van der Waals surface area contributed by atoms with Gasteiger partial charge in [0, 0.05) is 10.5 Å². The van der Waals surface area contributed by atoms with Crippen LogP contribution in [0.3, 0.4) is 0 Å². The summed E-state index contributed by atoms with van der Waals surface area (Å²) in [6.45, 7) is 6.43. The van der Waals surface area contributed by atoms with Crippen LogP contribution in [0.5, 0.6) is 0 Å². The number of carboxylic acids is 1. The Morgan fingerprint density at radius 2 is 2.00 bits per heavy atom. The molecule has 0 spiro atoms. The van der Waals surface area contributed by atoms with E-state index in [9.17, 15) is 4.79 Å². The van der Waals surface area contributed by atoms with E-state index in [1.54, 1.807) is 7.05 Å². The number of benzene rings is 1. The quantitative estimate of drug-likeness (QED) is 0.894. The first-order chi connectivity index (χ1) is 8.24. The summed E-state index contributed by atoms with van der Waals surface area (Å²) in [4.78, 5) is 10.9. The zero-order valence-electron chi connectivity index (χ0n) is 11.2. The van der Waals surface area contributed by atoms with Gasteiger partial charge in [0.1, 0.15) is 0 Å². The van der Waals surface area contributed by atoms with Crippen molar-refractivity contribution in [2.75, 3.05) is 7.05 Å². The Morgan fingerprint density at radius 3 is 2.44 bits per heavy atom. The normalized spacial score (nSPS) is 13.4. The van der Waals surface area contributed by atoms with Crippen molar-refractivity contribution in [2.24, 2.45) is 0 Å². The molecule has 1 aromatic rings. The molecule has 1 unspecified atom stereocenters. The van der Waals surface area contributed by atoms with Crippen LogP contribution in [0.15, 0.2) is 22.7 Å². The lowest BCUT2D eigenvalue weighted by atomic mass is 9.85. The smallest absolute Gasteiger partial charge is 0.305 e. The highest BCUT2D eigenvalue weighted by Crippen LogP contribution is 2.29. The topological polar surface area (TPSA) is 49.3 Å². The number of rotatable bonds is 4. The number of nitrogens with one attached hydrogen (secondary N) is 1. The Morgan fingerprint density at radius 1 is 1.39 bits per heavy atom. The number of hydrogen-bond acceptors (Lipinski definition) is 2. The van der Waals surface area contributed by atoms with Crippen molar-refractivity contribution in [1.29, 1.82) is 0 Å². The van der Waals surface area contributed by atoms with Crippen LogP contribution < -0.4 is 5.32 Å². The van der Waals surface area contributed by atoms with Crippen molar-refractivity contribution in [3.8, 4) is 0 Å². The summed E-state index contributed by atoms with van der Waals surface area (Å²) in [5.41, 5.74) is 2.23. The van der Waals surface area contributed by atoms with Gasteiger partial charge in [-0.1, -0.05) is 42.8 Å². The van der Waals surface area contributed by atoms with Crippen LogP contribution in [0.2, 0.25) is 0 Å². The highest BCUT2D eigenvalue weighted by molar-refractivity contribution is 9.10. The van der Waals surface area contributed by atoms with Gasteiger partial charge in [-0.3, -0.25) is 4.79 Å². The molecule has 0 fully saturated rings. The van der Waals surface area contributed by atoms with E-state index in [0.717, 1.165) is 10.0 Å². The lowest BCUT2D eigenvalue weighted by Crippen LogP contribution is -2.21. The highest BCUT2D eigenvalue weighted by Gasteiger charge is 2.19. The van der Waals surface area contributed by atoms with E-state index in [0.29, 0.717) is 0 Å². The molecule has 1 rings (SSSR count). The molecule has 0 radical (unpaired) electrons. The summed E-state index contributed by atoms with van der Waals surface area (Å²) in [5, 5.41) is 12.0. The lowest BCUT2D eigenvalue weighted by molar-refractivity contribution is -0.137. The van der Waals surface area contributed by atoms with Gasteiger partial charge in [-0.2, -0.15) is 0 Å². The van der Waals surface area contributed by atoms with Crippen LogP contribution in [-0.4, -0.2) is 18.1 Å². The van der Waals surface area contributed by atoms with Crippen molar-refractivity contribution in [2.45, 2.75) is 38.6 Å². The van der Waals surface area contributed by atoms with E-state index in [-0.39, 0.29) is 17.9 Å². The number of hydrogen-bond donors (Lipinski definition) is 2. The minimum absolute atomic E-state index is 0.0417. The summed E-state index contributed by atoms with van der Waals surface area (Å²) >= 11 is 3.49. The van der Waals surface area contributed by atoms with Gasteiger partial charge < -0.3 is 10.4 Å². The zero-order valence-corrected chi connectivity index (χ0v) is 12.8. The second kappa shape index (κ2) is 5.85. The van der Waals surface area contributed by atoms with Crippen LogP contribution in [-0.2, 0) is 10.2 Å². The van der Waals surface area contributed by atoms with Crippen LogP contribution in [0.4, 0.5) is 0 Å². The van der Waals surface area contributed by atoms with Crippen molar-refractivity contribution < 1.29 is 9.90 Å². The largest absolute Gasteiger partial charge is 0.481 e. The SMILES string of the molecule is CNC(CC(=O)O)c1cc(Br)cc(C(C)(C)C)c1. The summed E-state index contributed by atoms with van der Waals surface area (Å²) < 4.78 is 0.982. The first kappa shape index (κ1) is 15.2. The zero-order chi connectivity index (χ0) is 13.9. The number of carboxylic acid groups (broad SMARTS) is 1. The molecule has 1 aromatic carbocycles. The predicted molar refractivity (Wildman–Crippen MR) is 76.9 cm³/mol. The molecule has 0 saturated carbocycles. The predicted octanol–water partition coefficient (Wildman–Crippen LogP) is 3.48. The molecular formula is C14H20BrNO2. The molecule has 0 saturated heterocycles. The van der Waals surface area contributed by atoms with Gasteiger partial charge in [-0.15, -0.1) is 0 Å². The van der Waals surface area contributed by atoms with E-state index in [1.165, 1.54) is 5.56 Å². The molecule has 0 aromatic heterocycles. The molecule has 0 aliphatic heterocycles. The first-order valence-corrected chi connectivity index (χ1v) is 6.73. The maximum atomic E-state index is 10.9. The van der Waals surface area contributed by atoms with Crippen molar-refractivity contribution in [1.82, 2.24) is 5.32 Å². The van der Waals surface area contributed by atoms with E-state index in [1.807, 2.05) is 6.07 Å². The Hall–Kier alpha value is -0.870. The molecule has 0 aliphatic carbocycles. The fourth-order valence-corrected chi connectivity index (χ4v) is 2.32. The maximum absolute atomic E-state index is 10.9. The van der Waals surface area contributed by atoms with Gasteiger partial charge >= 0.3 is 5.97 Å². The maximum Gasteiger partial charge on any atom is 0.305 e. The minimum atomic E-state index is -0.799. The van der Waals surface area contributed by atoms with Crippen molar-refractivity contribution in [3.05, 3.63) is 33.8 Å². The van der Waals surface area contributed by atoms with Crippen LogP contribution in [0.1, 0.15) is 44.4 Å². The van der Waals surface area contributed by atoms with Gasteiger partial charge in [0.2, 0.25) is 0 Å². The minimum Gasteiger partial charge on any atom is -0.481 e. The van der Waals surface area contributed by atoms with Gasteiger partial charge in [0.05, 0.1) is 6.42 Å². The van der Waals surface area contributed by atoms with Gasteiger partial charge in [-0.25, -0.2) is 0 Å². The molecular weight excluding hydrogens is 294 g/mol. The molecule has 0 heterocycles. The lowest BCUT2D eigenvalue weighted by Gasteiger charge is -2.23. The van der Waals surface area contributed by atoms with E-state index in [4.69, 9.17) is 5.11 Å². The van der Waals surface area contributed by atoms with Crippen molar-refractivity contribution >= 4 is 21.9 Å². The summed E-state index contributed by atoms with van der Waals surface area (Å²) in [7, 11) is 1.78. The molecule has 100 valence electrons. The number of aliphatic carboxylic acids is 1. The molecule has 2 N–H and O–H groups in total. The second-order valence-electron chi connectivity index (χ2n) is 5.46. The third-order valence-electron chi connectivity index (χ3n) is 2.92. The average Bonchev–Trinajstić information content (AvgIpc) is 2.23. The highest BCUT2D eigenvalue weighted by atomic mass is 79.9. The fourth-order valence-electron chi connectivity index (χ4n) is 1.81. The third-order valence-corrected chi connectivity index (χ3v) is 3.37. The monoisotopic (exact) mass is 313 g/mol. The number of halogens is 1. The van der Waals surface area contributed by atoms with E-state index in [2.05, 4.69) is 54.2 Å². The summed E-state index contributed by atoms with van der Waals surface area (Å²) in [5.74, 6) is -0.799. The molecule has 4 heteroatoms. The van der Waals surface area contributed by atoms with E-state index < -0.39 is 5.97 Å². The number of carbonyl (C=O) groups is 1. The second-order valence-corrected chi connectivity index (χ2v) is 6.38. The summed E-state index contributed by atoms with van der Waals surface area (Å²) in [6.07, 6.45) is 0.0799. The standard InChI is InChI=1S/C14H20BrNO2/c1-14(2,3)10-5-9(6-11(15)7-10)12(16-4)8-13(17)18/h5-7,12,16H,8H2,1-4H3,(H,17,18). The molecule has 0 amide bonds. The third kappa shape index (κ3) is 4.10.